The highest BCUT2D eigenvalue weighted by molar-refractivity contribution is 7.09. The van der Waals surface area contributed by atoms with Crippen molar-refractivity contribution in [1.82, 2.24) is 0 Å². The molecule has 37 heavy (non-hydrogen) atoms. The maximum Gasteiger partial charge on any atom is 0.303 e. The summed E-state index contributed by atoms with van der Waals surface area (Å²) in [5.41, 5.74) is 2.32. The van der Waals surface area contributed by atoms with E-state index >= 15 is 0 Å². The first kappa shape index (κ1) is 28.0. The van der Waals surface area contributed by atoms with Crippen molar-refractivity contribution in [3.05, 3.63) is 57.8 Å². The predicted octanol–water partition coefficient (Wildman–Crippen LogP) is 6.30. The van der Waals surface area contributed by atoms with Crippen molar-refractivity contribution in [3.63, 3.8) is 0 Å². The minimum absolute atomic E-state index is 0.0606. The minimum Gasteiger partial charge on any atom is -0.481 e. The number of benzene rings is 1. The van der Waals surface area contributed by atoms with E-state index in [2.05, 4.69) is 41.8 Å². The third-order valence-electron chi connectivity index (χ3n) is 8.80. The molecule has 0 amide bonds. The molecule has 1 heterocycles. The van der Waals surface area contributed by atoms with Crippen LogP contribution in [0.3, 0.4) is 0 Å². The number of hydrogen-bond donors (Lipinski definition) is 3. The summed E-state index contributed by atoms with van der Waals surface area (Å²) in [6, 6.07) is 12.7. The number of carbonyl (C=O) groups is 2. The highest BCUT2D eigenvalue weighted by Gasteiger charge is 2.43. The normalized spacial score (nSPS) is 23.6. The predicted molar refractivity (Wildman–Crippen MR) is 147 cm³/mol. The monoisotopic (exact) mass is 526 g/mol. The number of aryl methyl sites for hydroxylation is 1. The Balaban J connectivity index is 1.25. The van der Waals surface area contributed by atoms with Crippen molar-refractivity contribution in [2.24, 2.45) is 11.3 Å². The average Bonchev–Trinajstić information content (AvgIpc) is 3.45. The molecule has 0 saturated heterocycles. The molecule has 0 radical (unpaired) electrons. The topological polar surface area (TPSA) is 94.8 Å². The first-order valence-corrected chi connectivity index (χ1v) is 15.0. The van der Waals surface area contributed by atoms with Gasteiger partial charge in [-0.05, 0) is 73.9 Å². The first-order valence-electron chi connectivity index (χ1n) is 14.1. The van der Waals surface area contributed by atoms with Crippen LogP contribution >= 0.6 is 11.3 Å². The van der Waals surface area contributed by atoms with Crippen LogP contribution < -0.4 is 0 Å². The Morgan fingerprint density at radius 1 is 1.05 bits per heavy atom. The van der Waals surface area contributed by atoms with E-state index < -0.39 is 12.1 Å². The van der Waals surface area contributed by atoms with E-state index in [1.54, 1.807) is 11.3 Å². The van der Waals surface area contributed by atoms with Crippen LogP contribution in [0.15, 0.2) is 41.8 Å². The van der Waals surface area contributed by atoms with Crippen molar-refractivity contribution in [1.29, 1.82) is 0 Å². The van der Waals surface area contributed by atoms with Gasteiger partial charge in [0.2, 0.25) is 0 Å². The minimum atomic E-state index is -0.759. The van der Waals surface area contributed by atoms with Gasteiger partial charge in [0.1, 0.15) is 5.78 Å². The zero-order valence-electron chi connectivity index (χ0n) is 21.8. The summed E-state index contributed by atoms with van der Waals surface area (Å²) in [6.07, 6.45) is 10.7. The lowest BCUT2D eigenvalue weighted by Crippen LogP contribution is -2.43. The van der Waals surface area contributed by atoms with E-state index in [1.165, 1.54) is 16.9 Å². The fourth-order valence-electron chi connectivity index (χ4n) is 6.47. The Hall–Kier alpha value is -2.02. The number of unbranched alkanes of at least 4 members (excludes halogenated alkanes) is 3. The van der Waals surface area contributed by atoms with Gasteiger partial charge in [-0.3, -0.25) is 9.59 Å². The Labute approximate surface area is 224 Å². The van der Waals surface area contributed by atoms with Gasteiger partial charge in [-0.1, -0.05) is 56.0 Å². The summed E-state index contributed by atoms with van der Waals surface area (Å²) in [7, 11) is 0. The quantitative estimate of drug-likeness (QED) is 0.237. The molecule has 4 atom stereocenters. The number of carboxylic acids is 1. The molecule has 1 unspecified atom stereocenters. The molecule has 202 valence electrons. The van der Waals surface area contributed by atoms with Gasteiger partial charge in [-0.15, -0.1) is 11.3 Å². The fourth-order valence-corrected chi connectivity index (χ4v) is 7.33. The zero-order valence-corrected chi connectivity index (χ0v) is 22.6. The van der Waals surface area contributed by atoms with E-state index in [0.717, 1.165) is 69.8 Å². The molecule has 2 fully saturated rings. The maximum absolute atomic E-state index is 12.6. The van der Waals surface area contributed by atoms with Gasteiger partial charge in [-0.25, -0.2) is 0 Å². The fraction of sp³-hybridized carbons (Fsp3) is 0.613. The molecule has 2 saturated carbocycles. The third kappa shape index (κ3) is 7.30. The lowest BCUT2D eigenvalue weighted by molar-refractivity contribution is -0.137. The van der Waals surface area contributed by atoms with Gasteiger partial charge >= 0.3 is 5.97 Å². The highest BCUT2D eigenvalue weighted by atomic mass is 32.1. The van der Waals surface area contributed by atoms with Crippen LogP contribution in [-0.4, -0.2) is 39.3 Å². The number of Topliss-reactive ketones (excluding diaryl/α,β-unsaturated/α-hetero) is 1. The van der Waals surface area contributed by atoms with Crippen LogP contribution in [0.4, 0.5) is 0 Å². The lowest BCUT2D eigenvalue weighted by atomic mass is 9.62. The van der Waals surface area contributed by atoms with E-state index in [-0.39, 0.29) is 42.0 Å². The number of carboxylic acid groups (broad SMARTS) is 1. The second-order valence-electron chi connectivity index (χ2n) is 11.3. The summed E-state index contributed by atoms with van der Waals surface area (Å²) in [6.45, 7) is 0. The molecule has 4 rings (SSSR count). The molecule has 2 aromatic rings. The van der Waals surface area contributed by atoms with Crippen LogP contribution in [0.5, 0.6) is 0 Å². The van der Waals surface area contributed by atoms with E-state index in [0.29, 0.717) is 6.42 Å². The molecular weight excluding hydrogens is 484 g/mol. The Morgan fingerprint density at radius 2 is 1.81 bits per heavy atom. The summed E-state index contributed by atoms with van der Waals surface area (Å²) in [4.78, 5) is 24.6. The van der Waals surface area contributed by atoms with Crippen molar-refractivity contribution in [3.8, 4) is 0 Å². The second-order valence-corrected chi connectivity index (χ2v) is 12.4. The van der Waals surface area contributed by atoms with Crippen LogP contribution in [0.1, 0.15) is 99.0 Å². The number of ketones is 1. The third-order valence-corrected chi connectivity index (χ3v) is 9.67. The van der Waals surface area contributed by atoms with Crippen molar-refractivity contribution in [2.45, 2.75) is 108 Å². The molecule has 2 aliphatic carbocycles. The number of rotatable bonds is 15. The summed E-state index contributed by atoms with van der Waals surface area (Å²) in [5.74, 6) is -0.922. The van der Waals surface area contributed by atoms with E-state index in [9.17, 15) is 19.8 Å². The van der Waals surface area contributed by atoms with Gasteiger partial charge in [0.15, 0.2) is 0 Å². The first-order chi connectivity index (χ1) is 17.9. The van der Waals surface area contributed by atoms with Gasteiger partial charge < -0.3 is 15.3 Å². The Bertz CT molecular complexity index is 995. The SMILES string of the molecule is O=C(O)CCCCCC[C@H]1C(=O)C[C@@H](O)[C@H]1c1ccc(CCCC(O)C2(Cc3cccs3)CCC2)cc1. The maximum atomic E-state index is 12.6. The second kappa shape index (κ2) is 13.2. The number of carbonyl (C=O) groups excluding carboxylic acids is 1. The Morgan fingerprint density at radius 3 is 2.46 bits per heavy atom. The number of aliphatic hydroxyl groups excluding tert-OH is 2. The Kier molecular flexibility index (Phi) is 9.96. The number of aliphatic carboxylic acids is 1. The summed E-state index contributed by atoms with van der Waals surface area (Å²) >= 11 is 1.79. The van der Waals surface area contributed by atoms with E-state index in [1.807, 2.05) is 0 Å². The van der Waals surface area contributed by atoms with Crippen molar-refractivity contribution < 1.29 is 24.9 Å². The van der Waals surface area contributed by atoms with Gasteiger partial charge in [0, 0.05) is 35.0 Å². The van der Waals surface area contributed by atoms with Crippen LogP contribution in [0.2, 0.25) is 0 Å². The molecule has 0 aliphatic heterocycles. The average molecular weight is 527 g/mol. The van der Waals surface area contributed by atoms with E-state index in [4.69, 9.17) is 5.11 Å². The molecular formula is C31H42O5S. The van der Waals surface area contributed by atoms with Crippen LogP contribution in [0, 0.1) is 11.3 Å². The molecule has 1 aromatic carbocycles. The smallest absolute Gasteiger partial charge is 0.303 e. The van der Waals surface area contributed by atoms with Crippen molar-refractivity contribution in [2.75, 3.05) is 0 Å². The summed E-state index contributed by atoms with van der Waals surface area (Å²) < 4.78 is 0. The van der Waals surface area contributed by atoms with Gasteiger partial charge in [-0.2, -0.15) is 0 Å². The molecule has 5 nitrogen and oxygen atoms in total. The summed E-state index contributed by atoms with van der Waals surface area (Å²) in [5, 5.41) is 32.5. The van der Waals surface area contributed by atoms with Gasteiger partial charge in [0.25, 0.3) is 0 Å². The number of hydrogen-bond acceptors (Lipinski definition) is 5. The lowest BCUT2D eigenvalue weighted by Gasteiger charge is -2.45. The number of aliphatic hydroxyl groups is 2. The largest absolute Gasteiger partial charge is 0.481 e. The van der Waals surface area contributed by atoms with Crippen LogP contribution in [-0.2, 0) is 22.4 Å². The number of thiophene rings is 1. The van der Waals surface area contributed by atoms with Crippen molar-refractivity contribution >= 4 is 23.1 Å². The van der Waals surface area contributed by atoms with Crippen LogP contribution in [0.25, 0.3) is 0 Å². The molecule has 3 N–H and O–H groups in total. The molecule has 6 heteroatoms. The zero-order chi connectivity index (χ0) is 26.3. The molecule has 0 spiro atoms. The highest BCUT2D eigenvalue weighted by Crippen LogP contribution is 2.48. The van der Waals surface area contributed by atoms with Gasteiger partial charge in [0.05, 0.1) is 12.2 Å². The molecule has 1 aromatic heterocycles. The molecule has 0 bridgehead atoms. The molecule has 2 aliphatic rings. The standard InChI is InChI=1S/C31H42O5S/c32-26-20-27(33)30(25(26)10-3-1-2-4-12-29(35)36)23-15-13-22(14-16-23)8-5-11-28(34)31(17-7-18-31)21-24-9-6-19-37-24/h6,9,13-16,19,25,27-28,30,33-34H,1-5,7-8,10-12,17-18,20-21H2,(H,35,36)/t25-,27+,28?,30-/m0/s1.